The van der Waals surface area contributed by atoms with E-state index in [1.165, 1.54) is 12.4 Å². The standard InChI is InChI=1S/C34H27FN4O2.CH4O/c1-33(2,18-40)25-11-7-24(8-12-25)29-17-34(29)28-15-27(30(35)16-31(28)38-32(34)41)23-5-3-21(4-6-23)22-9-13-26(14-10-22)39-20-36-19-37-39;1-2/h3-16,18-20,29H,17H2,1-2H3,(H,38,41);2H,1H3. The van der Waals surface area contributed by atoms with Crippen LogP contribution in [0.15, 0.2) is 97.6 Å². The maximum absolute atomic E-state index is 15.3. The molecule has 2 heterocycles. The maximum atomic E-state index is 15.3. The fourth-order valence-corrected chi connectivity index (χ4v) is 6.04. The van der Waals surface area contributed by atoms with Gasteiger partial charge in [0.2, 0.25) is 5.91 Å². The summed E-state index contributed by atoms with van der Waals surface area (Å²) in [5.74, 6) is -0.460. The molecule has 2 N–H and O–H groups in total. The van der Waals surface area contributed by atoms with E-state index in [9.17, 15) is 9.59 Å². The number of anilines is 1. The summed E-state index contributed by atoms with van der Waals surface area (Å²) in [6, 6.07) is 27.0. The van der Waals surface area contributed by atoms with Crippen LogP contribution in [-0.2, 0) is 20.4 Å². The zero-order valence-electron chi connectivity index (χ0n) is 24.1. The van der Waals surface area contributed by atoms with Crippen molar-refractivity contribution in [2.45, 2.75) is 37.0 Å². The Morgan fingerprint density at radius 2 is 1.58 bits per heavy atom. The average Bonchev–Trinajstić information content (AvgIpc) is 3.43. The smallest absolute Gasteiger partial charge is 0.235 e. The second-order valence-corrected chi connectivity index (χ2v) is 11.5. The summed E-state index contributed by atoms with van der Waals surface area (Å²) in [5.41, 5.74) is 6.27. The number of fused-ring (bicyclic) bond motifs is 2. The van der Waals surface area contributed by atoms with Crippen LogP contribution in [0.1, 0.15) is 42.9 Å². The molecular weight excluding hydrogens is 543 g/mol. The molecule has 8 heteroatoms. The lowest BCUT2D eigenvalue weighted by Gasteiger charge is -2.18. The van der Waals surface area contributed by atoms with Crippen LogP contribution < -0.4 is 5.32 Å². The average molecular weight is 575 g/mol. The molecule has 1 aromatic heterocycles. The van der Waals surface area contributed by atoms with Crippen LogP contribution in [-0.4, -0.2) is 39.2 Å². The molecule has 5 aromatic rings. The molecule has 216 valence electrons. The number of nitrogens with one attached hydrogen (secondary N) is 1. The zero-order chi connectivity index (χ0) is 30.4. The van der Waals surface area contributed by atoms with Crippen molar-refractivity contribution in [3.8, 4) is 27.9 Å². The van der Waals surface area contributed by atoms with Crippen molar-refractivity contribution in [1.82, 2.24) is 14.8 Å². The monoisotopic (exact) mass is 574 g/mol. The van der Waals surface area contributed by atoms with Gasteiger partial charge in [-0.15, -0.1) is 0 Å². The van der Waals surface area contributed by atoms with Crippen molar-refractivity contribution in [3.63, 3.8) is 0 Å². The summed E-state index contributed by atoms with van der Waals surface area (Å²) in [6.45, 7) is 3.76. The Morgan fingerprint density at radius 3 is 2.19 bits per heavy atom. The van der Waals surface area contributed by atoms with Gasteiger partial charge in [0.1, 0.15) is 24.8 Å². The van der Waals surface area contributed by atoms with Crippen molar-refractivity contribution < 1.29 is 19.1 Å². The number of aliphatic hydroxyl groups is 1. The Balaban J connectivity index is 0.00000161. The lowest BCUT2D eigenvalue weighted by atomic mass is 9.85. The van der Waals surface area contributed by atoms with Gasteiger partial charge in [-0.25, -0.2) is 14.1 Å². The van der Waals surface area contributed by atoms with Gasteiger partial charge in [-0.2, -0.15) is 5.10 Å². The van der Waals surface area contributed by atoms with Crippen LogP contribution in [0.5, 0.6) is 0 Å². The highest BCUT2D eigenvalue weighted by Crippen LogP contribution is 2.65. The molecule has 1 aliphatic heterocycles. The molecule has 1 amide bonds. The number of aromatic nitrogens is 3. The lowest BCUT2D eigenvalue weighted by Crippen LogP contribution is -2.21. The largest absolute Gasteiger partial charge is 0.400 e. The van der Waals surface area contributed by atoms with E-state index in [0.29, 0.717) is 17.7 Å². The Labute approximate surface area is 249 Å². The summed E-state index contributed by atoms with van der Waals surface area (Å²) >= 11 is 0. The fraction of sp³-hybridized carbons (Fsp3) is 0.200. The minimum Gasteiger partial charge on any atom is -0.400 e. The number of hydrogen-bond donors (Lipinski definition) is 2. The number of carbonyl (C=O) groups excluding carboxylic acids is 2. The molecule has 1 aliphatic carbocycles. The Morgan fingerprint density at radius 1 is 0.953 bits per heavy atom. The number of nitrogens with zero attached hydrogens (tertiary/aromatic N) is 3. The molecule has 1 fully saturated rings. The number of amides is 1. The van der Waals surface area contributed by atoms with Gasteiger partial charge in [0.15, 0.2) is 0 Å². The van der Waals surface area contributed by atoms with Gasteiger partial charge in [-0.05, 0) is 77.9 Å². The van der Waals surface area contributed by atoms with Crippen molar-refractivity contribution in [2.75, 3.05) is 12.4 Å². The molecule has 0 saturated heterocycles. The first-order valence-electron chi connectivity index (χ1n) is 14.0. The Bertz CT molecular complexity index is 1800. The van der Waals surface area contributed by atoms with E-state index in [1.807, 2.05) is 92.7 Å². The van der Waals surface area contributed by atoms with E-state index in [-0.39, 0.29) is 17.6 Å². The van der Waals surface area contributed by atoms with Crippen LogP contribution in [0, 0.1) is 5.82 Å². The Hall–Kier alpha value is -4.95. The van der Waals surface area contributed by atoms with Crippen molar-refractivity contribution in [2.24, 2.45) is 0 Å². The molecule has 7 nitrogen and oxygen atoms in total. The molecule has 2 atom stereocenters. The number of aliphatic hydroxyl groups excluding tert-OH is 1. The molecule has 43 heavy (non-hydrogen) atoms. The molecule has 4 aromatic carbocycles. The van der Waals surface area contributed by atoms with Gasteiger partial charge in [0.25, 0.3) is 0 Å². The molecule has 2 unspecified atom stereocenters. The van der Waals surface area contributed by atoms with E-state index < -0.39 is 10.8 Å². The van der Waals surface area contributed by atoms with E-state index >= 15 is 4.39 Å². The third kappa shape index (κ3) is 4.73. The summed E-state index contributed by atoms with van der Waals surface area (Å²) in [4.78, 5) is 28.7. The number of aldehydes is 1. The molecule has 2 aliphatic rings. The summed E-state index contributed by atoms with van der Waals surface area (Å²) in [5, 5.41) is 14.1. The summed E-state index contributed by atoms with van der Waals surface area (Å²) in [7, 11) is 1.00. The minimum atomic E-state index is -0.703. The normalized spacial score (nSPS) is 18.4. The molecule has 7 rings (SSSR count). The molecule has 0 bridgehead atoms. The third-order valence-corrected chi connectivity index (χ3v) is 8.63. The third-order valence-electron chi connectivity index (χ3n) is 8.63. The van der Waals surface area contributed by atoms with E-state index in [1.54, 1.807) is 11.0 Å². The van der Waals surface area contributed by atoms with E-state index in [0.717, 1.165) is 52.5 Å². The van der Waals surface area contributed by atoms with Crippen molar-refractivity contribution >= 4 is 17.9 Å². The highest BCUT2D eigenvalue weighted by molar-refractivity contribution is 6.10. The Kier molecular flexibility index (Phi) is 7.02. The number of rotatable bonds is 6. The minimum absolute atomic E-state index is 0.00155. The zero-order valence-corrected chi connectivity index (χ0v) is 24.1. The number of halogens is 1. The lowest BCUT2D eigenvalue weighted by molar-refractivity contribution is -0.118. The van der Waals surface area contributed by atoms with Gasteiger partial charge in [-0.1, -0.05) is 60.7 Å². The van der Waals surface area contributed by atoms with Gasteiger partial charge in [-0.3, -0.25) is 4.79 Å². The number of hydrogen-bond acceptors (Lipinski definition) is 5. The first-order chi connectivity index (χ1) is 20.8. The van der Waals surface area contributed by atoms with Gasteiger partial charge < -0.3 is 15.2 Å². The van der Waals surface area contributed by atoms with Crippen LogP contribution >= 0.6 is 0 Å². The van der Waals surface area contributed by atoms with Gasteiger partial charge >= 0.3 is 0 Å². The van der Waals surface area contributed by atoms with Crippen LogP contribution in [0.25, 0.3) is 27.9 Å². The van der Waals surface area contributed by atoms with Crippen molar-refractivity contribution in [3.05, 3.63) is 120 Å². The van der Waals surface area contributed by atoms with Crippen LogP contribution in [0.2, 0.25) is 0 Å². The first-order valence-corrected chi connectivity index (χ1v) is 14.0. The first kappa shape index (κ1) is 28.2. The number of benzene rings is 4. The van der Waals surface area contributed by atoms with E-state index in [4.69, 9.17) is 5.11 Å². The number of carbonyl (C=O) groups is 2. The van der Waals surface area contributed by atoms with Crippen molar-refractivity contribution in [1.29, 1.82) is 0 Å². The maximum Gasteiger partial charge on any atom is 0.235 e. The van der Waals surface area contributed by atoms with Crippen LogP contribution in [0.3, 0.4) is 0 Å². The molecular formula is C35H31FN4O3. The van der Waals surface area contributed by atoms with Crippen LogP contribution in [0.4, 0.5) is 10.1 Å². The molecule has 1 saturated carbocycles. The molecule has 1 spiro atoms. The quantitative estimate of drug-likeness (QED) is 0.235. The van der Waals surface area contributed by atoms with Gasteiger partial charge in [0.05, 0.1) is 11.1 Å². The highest BCUT2D eigenvalue weighted by atomic mass is 19.1. The second kappa shape index (κ2) is 10.7. The summed E-state index contributed by atoms with van der Waals surface area (Å²) < 4.78 is 17.0. The highest BCUT2D eigenvalue weighted by Gasteiger charge is 2.65. The van der Waals surface area contributed by atoms with Gasteiger partial charge in [0, 0.05) is 29.7 Å². The SMILES string of the molecule is CC(C)(C=O)c1ccc(C2CC23C(=O)Nc2cc(F)c(-c4ccc(-c5ccc(-n6cncn6)cc5)cc4)cc23)cc1.CO. The molecule has 0 radical (unpaired) electrons. The predicted octanol–water partition coefficient (Wildman–Crippen LogP) is 6.20. The summed E-state index contributed by atoms with van der Waals surface area (Å²) in [6.07, 6.45) is 4.76. The predicted molar refractivity (Wildman–Crippen MR) is 164 cm³/mol. The van der Waals surface area contributed by atoms with E-state index in [2.05, 4.69) is 15.4 Å². The second-order valence-electron chi connectivity index (χ2n) is 11.5. The topological polar surface area (TPSA) is 97.1 Å². The fourth-order valence-electron chi connectivity index (χ4n) is 6.04.